The van der Waals surface area contributed by atoms with Gasteiger partial charge < -0.3 is 4.74 Å². The predicted octanol–water partition coefficient (Wildman–Crippen LogP) is 1.93. The van der Waals surface area contributed by atoms with Crippen LogP contribution in [-0.2, 0) is 9.53 Å². The van der Waals surface area contributed by atoms with E-state index in [4.69, 9.17) is 0 Å². The molecule has 2 heteroatoms. The first-order chi connectivity index (χ1) is 6.29. The molecule has 0 heterocycles. The van der Waals surface area contributed by atoms with Crippen molar-refractivity contribution in [2.75, 3.05) is 7.11 Å². The smallest absolute Gasteiger partial charge is 0.330 e. The molecular formula is C11H14O2. The normalized spacial score (nSPS) is 35.9. The van der Waals surface area contributed by atoms with Gasteiger partial charge in [0.05, 0.1) is 7.11 Å². The number of esters is 1. The van der Waals surface area contributed by atoms with Crippen LogP contribution < -0.4 is 0 Å². The second kappa shape index (κ2) is 3.36. The van der Waals surface area contributed by atoms with Crippen LogP contribution >= 0.6 is 0 Å². The van der Waals surface area contributed by atoms with Crippen molar-refractivity contribution in [1.29, 1.82) is 0 Å². The molecular weight excluding hydrogens is 164 g/mol. The molecule has 2 nitrogen and oxygen atoms in total. The molecule has 0 radical (unpaired) electrons. The number of ether oxygens (including phenoxy) is 1. The first kappa shape index (κ1) is 8.54. The van der Waals surface area contributed by atoms with Gasteiger partial charge in [-0.15, -0.1) is 0 Å². The molecule has 0 spiro atoms. The summed E-state index contributed by atoms with van der Waals surface area (Å²) in [6.07, 6.45) is 10.6. The molecule has 0 N–H and O–H groups in total. The van der Waals surface area contributed by atoms with Crippen molar-refractivity contribution in [2.24, 2.45) is 17.8 Å². The van der Waals surface area contributed by atoms with Crippen LogP contribution in [0.25, 0.3) is 0 Å². The number of hydrogen-bond donors (Lipinski definition) is 0. The van der Waals surface area contributed by atoms with Gasteiger partial charge in [0.1, 0.15) is 0 Å². The number of carbonyl (C=O) groups excluding carboxylic acids is 1. The SMILES string of the molecule is COC(=O)/C=C/[C@H]1C[C@@H]2C=C[C@H]1C2. The van der Waals surface area contributed by atoms with E-state index in [-0.39, 0.29) is 5.97 Å². The van der Waals surface area contributed by atoms with Crippen LogP contribution in [0, 0.1) is 17.8 Å². The maximum Gasteiger partial charge on any atom is 0.330 e. The summed E-state index contributed by atoms with van der Waals surface area (Å²) in [5.41, 5.74) is 0. The molecule has 0 amide bonds. The third-order valence-electron chi connectivity index (χ3n) is 3.01. The highest BCUT2D eigenvalue weighted by molar-refractivity contribution is 5.81. The highest BCUT2D eigenvalue weighted by Crippen LogP contribution is 2.43. The van der Waals surface area contributed by atoms with E-state index >= 15 is 0 Å². The average Bonchev–Trinajstić information content (AvgIpc) is 2.74. The Bertz CT molecular complexity index is 265. The summed E-state index contributed by atoms with van der Waals surface area (Å²) in [6, 6.07) is 0. The van der Waals surface area contributed by atoms with Crippen molar-refractivity contribution in [2.45, 2.75) is 12.8 Å². The molecule has 2 aliphatic rings. The predicted molar refractivity (Wildman–Crippen MR) is 50.0 cm³/mol. The monoisotopic (exact) mass is 178 g/mol. The molecule has 2 rings (SSSR count). The van der Waals surface area contributed by atoms with Crippen molar-refractivity contribution in [1.82, 2.24) is 0 Å². The Labute approximate surface area is 78.3 Å². The summed E-state index contributed by atoms with van der Waals surface area (Å²) >= 11 is 0. The molecule has 0 saturated heterocycles. The number of hydrogen-bond acceptors (Lipinski definition) is 2. The van der Waals surface area contributed by atoms with E-state index in [1.165, 1.54) is 20.0 Å². The maximum absolute atomic E-state index is 10.8. The van der Waals surface area contributed by atoms with Gasteiger partial charge in [-0.2, -0.15) is 0 Å². The lowest BCUT2D eigenvalue weighted by molar-refractivity contribution is -0.134. The second-order valence-electron chi connectivity index (χ2n) is 3.83. The Morgan fingerprint density at radius 2 is 2.31 bits per heavy atom. The van der Waals surface area contributed by atoms with E-state index in [0.717, 1.165) is 5.92 Å². The van der Waals surface area contributed by atoms with E-state index in [2.05, 4.69) is 16.9 Å². The largest absolute Gasteiger partial charge is 0.466 e. The van der Waals surface area contributed by atoms with Crippen molar-refractivity contribution < 1.29 is 9.53 Å². The highest BCUT2D eigenvalue weighted by Gasteiger charge is 2.33. The fourth-order valence-electron chi connectivity index (χ4n) is 2.31. The van der Waals surface area contributed by atoms with Crippen LogP contribution in [0.2, 0.25) is 0 Å². The Morgan fingerprint density at radius 1 is 1.46 bits per heavy atom. The lowest BCUT2D eigenvalue weighted by Crippen LogP contribution is -2.04. The standard InChI is InChI=1S/C11H14O2/c1-13-11(12)5-4-10-7-8-2-3-9(10)6-8/h2-5,8-10H,6-7H2,1H3/b5-4+/t8-,9+,10+/m1/s1. The van der Waals surface area contributed by atoms with Gasteiger partial charge in [-0.25, -0.2) is 4.79 Å². The van der Waals surface area contributed by atoms with Crippen LogP contribution in [-0.4, -0.2) is 13.1 Å². The first-order valence-electron chi connectivity index (χ1n) is 4.74. The number of methoxy groups -OCH3 is 1. The quantitative estimate of drug-likeness (QED) is 0.367. The minimum atomic E-state index is -0.244. The average molecular weight is 178 g/mol. The van der Waals surface area contributed by atoms with E-state index in [1.54, 1.807) is 6.08 Å². The fourth-order valence-corrected chi connectivity index (χ4v) is 2.31. The van der Waals surface area contributed by atoms with Crippen LogP contribution in [0.1, 0.15) is 12.8 Å². The summed E-state index contributed by atoms with van der Waals surface area (Å²) in [5, 5.41) is 0. The summed E-state index contributed by atoms with van der Waals surface area (Å²) in [5.74, 6) is 1.75. The highest BCUT2D eigenvalue weighted by atomic mass is 16.5. The summed E-state index contributed by atoms with van der Waals surface area (Å²) < 4.78 is 4.55. The number of allylic oxidation sites excluding steroid dienone is 3. The molecule has 2 aliphatic carbocycles. The zero-order valence-electron chi connectivity index (χ0n) is 7.77. The number of carbonyl (C=O) groups is 1. The fraction of sp³-hybridized carbons (Fsp3) is 0.545. The van der Waals surface area contributed by atoms with E-state index < -0.39 is 0 Å². The minimum absolute atomic E-state index is 0.244. The molecule has 1 saturated carbocycles. The summed E-state index contributed by atoms with van der Waals surface area (Å²) in [4.78, 5) is 10.8. The zero-order chi connectivity index (χ0) is 9.26. The van der Waals surface area contributed by atoms with E-state index in [9.17, 15) is 4.79 Å². The molecule has 70 valence electrons. The Morgan fingerprint density at radius 3 is 2.85 bits per heavy atom. The molecule has 0 aliphatic heterocycles. The topological polar surface area (TPSA) is 26.3 Å². The van der Waals surface area contributed by atoms with E-state index in [0.29, 0.717) is 11.8 Å². The van der Waals surface area contributed by atoms with Gasteiger partial charge >= 0.3 is 5.97 Å². The maximum atomic E-state index is 10.8. The Balaban J connectivity index is 1.93. The Kier molecular flexibility index (Phi) is 2.21. The van der Waals surface area contributed by atoms with Crippen LogP contribution in [0.3, 0.4) is 0 Å². The van der Waals surface area contributed by atoms with Gasteiger partial charge in [-0.05, 0) is 30.6 Å². The molecule has 3 atom stereocenters. The third kappa shape index (κ3) is 1.67. The van der Waals surface area contributed by atoms with Gasteiger partial charge in [0, 0.05) is 6.08 Å². The van der Waals surface area contributed by atoms with Gasteiger partial charge in [0.2, 0.25) is 0 Å². The number of rotatable bonds is 2. The minimum Gasteiger partial charge on any atom is -0.466 e. The third-order valence-corrected chi connectivity index (χ3v) is 3.01. The van der Waals surface area contributed by atoms with Gasteiger partial charge in [0.25, 0.3) is 0 Å². The molecule has 2 bridgehead atoms. The molecule has 1 fully saturated rings. The van der Waals surface area contributed by atoms with Crippen molar-refractivity contribution >= 4 is 5.97 Å². The van der Waals surface area contributed by atoms with Gasteiger partial charge in [0.15, 0.2) is 0 Å². The summed E-state index contributed by atoms with van der Waals surface area (Å²) in [6.45, 7) is 0. The number of fused-ring (bicyclic) bond motifs is 2. The molecule has 13 heavy (non-hydrogen) atoms. The van der Waals surface area contributed by atoms with Crippen LogP contribution in [0.4, 0.5) is 0 Å². The van der Waals surface area contributed by atoms with Crippen molar-refractivity contribution in [3.63, 3.8) is 0 Å². The second-order valence-corrected chi connectivity index (χ2v) is 3.83. The first-order valence-corrected chi connectivity index (χ1v) is 4.74. The molecule has 0 aromatic rings. The summed E-state index contributed by atoms with van der Waals surface area (Å²) in [7, 11) is 1.41. The van der Waals surface area contributed by atoms with Crippen molar-refractivity contribution in [3.8, 4) is 0 Å². The van der Waals surface area contributed by atoms with Crippen molar-refractivity contribution in [3.05, 3.63) is 24.3 Å². The van der Waals surface area contributed by atoms with Gasteiger partial charge in [-0.1, -0.05) is 18.2 Å². The molecule has 0 unspecified atom stereocenters. The van der Waals surface area contributed by atoms with E-state index in [1.807, 2.05) is 6.08 Å². The molecule has 0 aromatic heterocycles. The Hall–Kier alpha value is -1.05. The molecule has 0 aromatic carbocycles. The van der Waals surface area contributed by atoms with Crippen LogP contribution in [0.15, 0.2) is 24.3 Å². The van der Waals surface area contributed by atoms with Gasteiger partial charge in [-0.3, -0.25) is 0 Å². The van der Waals surface area contributed by atoms with Crippen LogP contribution in [0.5, 0.6) is 0 Å². The zero-order valence-corrected chi connectivity index (χ0v) is 7.77. The lowest BCUT2D eigenvalue weighted by Gasteiger charge is -2.12. The lowest BCUT2D eigenvalue weighted by atomic mass is 9.93.